The van der Waals surface area contributed by atoms with Gasteiger partial charge in [0.1, 0.15) is 11.4 Å². The zero-order chi connectivity index (χ0) is 15.4. The standard InChI is InChI=1S/C15H18N2O3S/c1-3-20-15(19)13-10-5-4-9(2)8-11(10)21-14(13)17-12(18)6-7-16/h9H,3-6,8H2,1-2H3,(H,17,18). The topological polar surface area (TPSA) is 79.2 Å². The van der Waals surface area contributed by atoms with Crippen LogP contribution in [-0.2, 0) is 22.4 Å². The van der Waals surface area contributed by atoms with E-state index < -0.39 is 11.9 Å². The second-order valence-corrected chi connectivity index (χ2v) is 6.26. The van der Waals surface area contributed by atoms with Gasteiger partial charge in [-0.25, -0.2) is 4.79 Å². The molecule has 1 atom stereocenters. The summed E-state index contributed by atoms with van der Waals surface area (Å²) in [4.78, 5) is 25.0. The third-order valence-corrected chi connectivity index (χ3v) is 4.65. The molecule has 0 radical (unpaired) electrons. The minimum atomic E-state index is -0.394. The molecule has 0 aromatic carbocycles. The Kier molecular flexibility index (Phi) is 4.97. The molecule has 5 nitrogen and oxygen atoms in total. The summed E-state index contributed by atoms with van der Waals surface area (Å²) in [5.74, 6) is -0.208. The van der Waals surface area contributed by atoms with Crippen molar-refractivity contribution in [2.24, 2.45) is 5.92 Å². The van der Waals surface area contributed by atoms with E-state index >= 15 is 0 Å². The number of anilines is 1. The van der Waals surface area contributed by atoms with Gasteiger partial charge in [0.2, 0.25) is 5.91 Å². The number of nitrogens with one attached hydrogen (secondary N) is 1. The Morgan fingerprint density at radius 3 is 2.95 bits per heavy atom. The van der Waals surface area contributed by atoms with Crippen LogP contribution >= 0.6 is 11.3 Å². The minimum absolute atomic E-state index is 0.221. The number of rotatable bonds is 4. The van der Waals surface area contributed by atoms with Gasteiger partial charge in [-0.3, -0.25) is 4.79 Å². The number of hydrogen-bond acceptors (Lipinski definition) is 5. The Balaban J connectivity index is 2.36. The Morgan fingerprint density at radius 1 is 1.52 bits per heavy atom. The first-order valence-electron chi connectivity index (χ1n) is 7.05. The summed E-state index contributed by atoms with van der Waals surface area (Å²) in [6.07, 6.45) is 2.55. The van der Waals surface area contributed by atoms with Crippen molar-refractivity contribution in [1.82, 2.24) is 0 Å². The van der Waals surface area contributed by atoms with E-state index in [0.29, 0.717) is 23.1 Å². The number of nitriles is 1. The maximum absolute atomic E-state index is 12.2. The first kappa shape index (κ1) is 15.5. The summed E-state index contributed by atoms with van der Waals surface area (Å²) in [6, 6.07) is 1.81. The number of ether oxygens (including phenoxy) is 1. The van der Waals surface area contributed by atoms with Crippen LogP contribution in [0.15, 0.2) is 0 Å². The van der Waals surface area contributed by atoms with Crippen LogP contribution in [0.25, 0.3) is 0 Å². The van der Waals surface area contributed by atoms with Crippen molar-refractivity contribution in [3.8, 4) is 6.07 Å². The fourth-order valence-electron chi connectivity index (χ4n) is 2.50. The molecule has 0 fully saturated rings. The Labute approximate surface area is 127 Å². The van der Waals surface area contributed by atoms with Crippen LogP contribution in [-0.4, -0.2) is 18.5 Å². The monoisotopic (exact) mass is 306 g/mol. The van der Waals surface area contributed by atoms with E-state index in [1.54, 1.807) is 13.0 Å². The summed E-state index contributed by atoms with van der Waals surface area (Å²) in [5.41, 5.74) is 1.49. The number of carbonyl (C=O) groups excluding carboxylic acids is 2. The predicted octanol–water partition coefficient (Wildman–Crippen LogP) is 2.90. The van der Waals surface area contributed by atoms with Crippen molar-refractivity contribution in [2.45, 2.75) is 39.5 Å². The van der Waals surface area contributed by atoms with Gasteiger partial charge in [-0.1, -0.05) is 6.92 Å². The third kappa shape index (κ3) is 3.42. The Hall–Kier alpha value is -1.87. The Bertz CT molecular complexity index is 601. The van der Waals surface area contributed by atoms with Gasteiger partial charge in [-0.2, -0.15) is 5.26 Å². The zero-order valence-corrected chi connectivity index (χ0v) is 13.0. The molecule has 1 aliphatic rings. The average Bonchev–Trinajstić information content (AvgIpc) is 2.75. The number of thiophene rings is 1. The molecule has 1 aromatic heterocycles. The first-order chi connectivity index (χ1) is 10.1. The molecule has 1 amide bonds. The molecule has 1 unspecified atom stereocenters. The number of hydrogen-bond donors (Lipinski definition) is 1. The highest BCUT2D eigenvalue weighted by atomic mass is 32.1. The molecule has 6 heteroatoms. The lowest BCUT2D eigenvalue weighted by molar-refractivity contribution is -0.115. The molecule has 1 aliphatic carbocycles. The summed E-state index contributed by atoms with van der Waals surface area (Å²) >= 11 is 1.43. The van der Waals surface area contributed by atoms with Crippen molar-refractivity contribution in [3.63, 3.8) is 0 Å². The summed E-state index contributed by atoms with van der Waals surface area (Å²) in [5, 5.41) is 11.8. The van der Waals surface area contributed by atoms with Gasteiger partial charge in [0.25, 0.3) is 0 Å². The second kappa shape index (κ2) is 6.72. The van der Waals surface area contributed by atoms with E-state index in [9.17, 15) is 9.59 Å². The first-order valence-corrected chi connectivity index (χ1v) is 7.86. The fraction of sp³-hybridized carbons (Fsp3) is 0.533. The lowest BCUT2D eigenvalue weighted by Gasteiger charge is -2.18. The van der Waals surface area contributed by atoms with Crippen LogP contribution in [0.4, 0.5) is 5.00 Å². The van der Waals surface area contributed by atoms with Crippen molar-refractivity contribution in [1.29, 1.82) is 5.26 Å². The predicted molar refractivity (Wildman–Crippen MR) is 80.3 cm³/mol. The second-order valence-electron chi connectivity index (χ2n) is 5.16. The quantitative estimate of drug-likeness (QED) is 0.867. The van der Waals surface area contributed by atoms with Gasteiger partial charge in [-0.05, 0) is 37.7 Å². The van der Waals surface area contributed by atoms with Gasteiger partial charge in [0.15, 0.2) is 0 Å². The highest BCUT2D eigenvalue weighted by molar-refractivity contribution is 7.17. The molecule has 0 saturated heterocycles. The van der Waals surface area contributed by atoms with Crippen LogP contribution in [0.2, 0.25) is 0 Å². The SMILES string of the molecule is CCOC(=O)c1c(NC(=O)CC#N)sc2c1CCC(C)C2. The highest BCUT2D eigenvalue weighted by Gasteiger charge is 2.28. The fourth-order valence-corrected chi connectivity index (χ4v) is 3.92. The minimum Gasteiger partial charge on any atom is -0.462 e. The maximum atomic E-state index is 12.2. The van der Waals surface area contributed by atoms with Crippen LogP contribution < -0.4 is 5.32 Å². The number of nitrogens with zero attached hydrogens (tertiary/aromatic N) is 1. The van der Waals surface area contributed by atoms with Crippen molar-refractivity contribution >= 4 is 28.2 Å². The number of esters is 1. The molecular formula is C15H18N2O3S. The molecule has 0 aliphatic heterocycles. The zero-order valence-electron chi connectivity index (χ0n) is 12.2. The highest BCUT2D eigenvalue weighted by Crippen LogP contribution is 2.40. The van der Waals surface area contributed by atoms with E-state index in [1.807, 2.05) is 0 Å². The third-order valence-electron chi connectivity index (χ3n) is 3.48. The Morgan fingerprint density at radius 2 is 2.29 bits per heavy atom. The van der Waals surface area contributed by atoms with Gasteiger partial charge in [0.05, 0.1) is 18.2 Å². The van der Waals surface area contributed by atoms with Crippen LogP contribution in [0.5, 0.6) is 0 Å². The largest absolute Gasteiger partial charge is 0.462 e. The lowest BCUT2D eigenvalue weighted by Crippen LogP contribution is -2.16. The van der Waals surface area contributed by atoms with E-state index in [-0.39, 0.29) is 6.42 Å². The summed E-state index contributed by atoms with van der Waals surface area (Å²) < 4.78 is 5.11. The number of amides is 1. The molecule has 0 saturated carbocycles. The van der Waals surface area contributed by atoms with Crippen LogP contribution in [0.3, 0.4) is 0 Å². The van der Waals surface area contributed by atoms with E-state index in [2.05, 4.69) is 12.2 Å². The molecule has 1 heterocycles. The van der Waals surface area contributed by atoms with Gasteiger partial charge in [-0.15, -0.1) is 11.3 Å². The molecular weight excluding hydrogens is 288 g/mol. The molecule has 0 spiro atoms. The molecule has 112 valence electrons. The van der Waals surface area contributed by atoms with Crippen molar-refractivity contribution in [2.75, 3.05) is 11.9 Å². The number of fused-ring (bicyclic) bond motifs is 1. The normalized spacial score (nSPS) is 16.7. The van der Waals surface area contributed by atoms with E-state index in [1.165, 1.54) is 11.3 Å². The average molecular weight is 306 g/mol. The van der Waals surface area contributed by atoms with Crippen LogP contribution in [0, 0.1) is 17.2 Å². The lowest BCUT2D eigenvalue weighted by atomic mass is 9.88. The molecule has 1 N–H and O–H groups in total. The van der Waals surface area contributed by atoms with Gasteiger partial charge >= 0.3 is 5.97 Å². The molecule has 2 rings (SSSR count). The summed E-state index contributed by atoms with van der Waals surface area (Å²) in [6.45, 7) is 4.23. The van der Waals surface area contributed by atoms with E-state index in [0.717, 1.165) is 29.7 Å². The van der Waals surface area contributed by atoms with Crippen LogP contribution in [0.1, 0.15) is 47.5 Å². The van der Waals surface area contributed by atoms with Crippen molar-refractivity contribution < 1.29 is 14.3 Å². The molecule has 21 heavy (non-hydrogen) atoms. The molecule has 1 aromatic rings. The maximum Gasteiger partial charge on any atom is 0.341 e. The van der Waals surface area contributed by atoms with Gasteiger partial charge in [0, 0.05) is 4.88 Å². The smallest absolute Gasteiger partial charge is 0.341 e. The van der Waals surface area contributed by atoms with Crippen molar-refractivity contribution in [3.05, 3.63) is 16.0 Å². The van der Waals surface area contributed by atoms with Gasteiger partial charge < -0.3 is 10.1 Å². The molecule has 0 bridgehead atoms. The number of carbonyl (C=O) groups is 2. The van der Waals surface area contributed by atoms with E-state index in [4.69, 9.17) is 10.00 Å². The summed E-state index contributed by atoms with van der Waals surface area (Å²) in [7, 11) is 0.